The van der Waals surface area contributed by atoms with Crippen LogP contribution in [0, 0.1) is 18.3 Å². The summed E-state index contributed by atoms with van der Waals surface area (Å²) in [7, 11) is 0. The lowest BCUT2D eigenvalue weighted by Crippen LogP contribution is -2.40. The number of aryl methyl sites for hydroxylation is 1. The molecule has 0 spiro atoms. The molecular formula is C18H20N4O2. The van der Waals surface area contributed by atoms with E-state index in [2.05, 4.69) is 4.90 Å². The van der Waals surface area contributed by atoms with Gasteiger partial charge >= 0.3 is 5.91 Å². The highest BCUT2D eigenvalue weighted by Gasteiger charge is 2.24. The van der Waals surface area contributed by atoms with Gasteiger partial charge in [-0.15, -0.1) is 0 Å². The molecule has 1 aromatic carbocycles. The molecule has 2 heterocycles. The van der Waals surface area contributed by atoms with Crippen LogP contribution in [0.5, 0.6) is 0 Å². The van der Waals surface area contributed by atoms with E-state index in [4.69, 9.17) is 15.5 Å². The summed E-state index contributed by atoms with van der Waals surface area (Å²) in [5, 5.41) is 9.96. The number of anilines is 2. The molecule has 3 rings (SSSR count). The van der Waals surface area contributed by atoms with Crippen LogP contribution < -0.4 is 15.8 Å². The summed E-state index contributed by atoms with van der Waals surface area (Å²) in [6, 6.07) is 10.7. The smallest absolute Gasteiger partial charge is 0.308 e. The van der Waals surface area contributed by atoms with Crippen LogP contribution in [0.25, 0.3) is 0 Å². The third kappa shape index (κ3) is 2.99. The van der Waals surface area contributed by atoms with Gasteiger partial charge in [-0.25, -0.2) is 10.9 Å². The fraction of sp³-hybridized carbons (Fsp3) is 0.333. The van der Waals surface area contributed by atoms with Crippen LogP contribution in [0.2, 0.25) is 0 Å². The van der Waals surface area contributed by atoms with E-state index in [9.17, 15) is 4.79 Å². The van der Waals surface area contributed by atoms with Gasteiger partial charge in [-0.2, -0.15) is 5.26 Å². The van der Waals surface area contributed by atoms with Gasteiger partial charge in [-0.05, 0) is 49.9 Å². The third-order valence-electron chi connectivity index (χ3n) is 4.30. The number of amides is 1. The lowest BCUT2D eigenvalue weighted by Gasteiger charge is -2.33. The van der Waals surface area contributed by atoms with Crippen LogP contribution in [0.3, 0.4) is 0 Å². The van der Waals surface area contributed by atoms with Crippen LogP contribution in [0.15, 0.2) is 34.7 Å². The van der Waals surface area contributed by atoms with Crippen molar-refractivity contribution in [2.24, 2.45) is 5.84 Å². The maximum atomic E-state index is 12.6. The molecule has 0 radical (unpaired) electrons. The molecule has 0 aliphatic carbocycles. The number of para-hydroxylation sites is 1. The molecule has 1 saturated heterocycles. The predicted octanol–water partition coefficient (Wildman–Crippen LogP) is 2.97. The van der Waals surface area contributed by atoms with Crippen LogP contribution in [0.1, 0.15) is 41.1 Å². The second kappa shape index (κ2) is 6.77. The topological polar surface area (TPSA) is 86.5 Å². The number of rotatable bonds is 3. The molecule has 2 N–H and O–H groups in total. The van der Waals surface area contributed by atoms with Gasteiger partial charge in [-0.1, -0.05) is 12.1 Å². The second-order valence-electron chi connectivity index (χ2n) is 5.94. The summed E-state index contributed by atoms with van der Waals surface area (Å²) in [5.41, 5.74) is 2.55. The van der Waals surface area contributed by atoms with E-state index in [1.807, 2.05) is 31.2 Å². The Morgan fingerprint density at radius 3 is 2.67 bits per heavy atom. The number of nitriles is 1. The first-order valence-corrected chi connectivity index (χ1v) is 8.05. The first kappa shape index (κ1) is 16.1. The Morgan fingerprint density at radius 1 is 1.25 bits per heavy atom. The summed E-state index contributed by atoms with van der Waals surface area (Å²) < 4.78 is 5.22. The van der Waals surface area contributed by atoms with Gasteiger partial charge in [0.25, 0.3) is 0 Å². The number of carbonyl (C=O) groups excluding carboxylic acids is 1. The van der Waals surface area contributed by atoms with Crippen molar-refractivity contribution in [1.29, 1.82) is 5.26 Å². The minimum absolute atomic E-state index is 0.0573. The fourth-order valence-corrected chi connectivity index (χ4v) is 3.08. The molecule has 24 heavy (non-hydrogen) atoms. The van der Waals surface area contributed by atoms with E-state index in [1.165, 1.54) is 18.6 Å². The van der Waals surface area contributed by atoms with Gasteiger partial charge < -0.3 is 9.32 Å². The van der Waals surface area contributed by atoms with Crippen LogP contribution in [-0.4, -0.2) is 19.0 Å². The van der Waals surface area contributed by atoms with Crippen molar-refractivity contribution in [3.63, 3.8) is 0 Å². The highest BCUT2D eigenvalue weighted by molar-refractivity contribution is 6.05. The van der Waals surface area contributed by atoms with Crippen molar-refractivity contribution in [3.8, 4) is 6.07 Å². The number of nitrogens with two attached hydrogens (primary N) is 1. The van der Waals surface area contributed by atoms with Gasteiger partial charge in [0, 0.05) is 13.1 Å². The van der Waals surface area contributed by atoms with Crippen molar-refractivity contribution < 1.29 is 9.21 Å². The molecule has 0 unspecified atom stereocenters. The van der Waals surface area contributed by atoms with E-state index >= 15 is 0 Å². The Labute approximate surface area is 141 Å². The fourth-order valence-electron chi connectivity index (χ4n) is 3.08. The number of furan rings is 1. The van der Waals surface area contributed by atoms with Crippen molar-refractivity contribution in [1.82, 2.24) is 0 Å². The number of hydrazine groups is 1. The van der Waals surface area contributed by atoms with E-state index in [-0.39, 0.29) is 11.5 Å². The summed E-state index contributed by atoms with van der Waals surface area (Å²) in [6.45, 7) is 3.84. The lowest BCUT2D eigenvalue weighted by atomic mass is 10.1. The summed E-state index contributed by atoms with van der Waals surface area (Å²) in [4.78, 5) is 14.9. The average molecular weight is 324 g/mol. The molecule has 124 valence electrons. The molecule has 1 aliphatic rings. The quantitative estimate of drug-likeness (QED) is 0.533. The van der Waals surface area contributed by atoms with Crippen LogP contribution >= 0.6 is 0 Å². The van der Waals surface area contributed by atoms with Gasteiger partial charge in [0.2, 0.25) is 5.76 Å². The van der Waals surface area contributed by atoms with Gasteiger partial charge in [-0.3, -0.25) is 4.79 Å². The molecule has 1 aliphatic heterocycles. The number of hydrogen-bond acceptors (Lipinski definition) is 5. The lowest BCUT2D eigenvalue weighted by molar-refractivity contribution is 0.0959. The van der Waals surface area contributed by atoms with Gasteiger partial charge in [0.05, 0.1) is 11.4 Å². The average Bonchev–Trinajstić information content (AvgIpc) is 3.10. The van der Waals surface area contributed by atoms with E-state index in [1.54, 1.807) is 0 Å². The molecule has 6 heteroatoms. The predicted molar refractivity (Wildman–Crippen MR) is 91.7 cm³/mol. The van der Waals surface area contributed by atoms with Gasteiger partial charge in [0.15, 0.2) is 5.76 Å². The molecule has 1 amide bonds. The number of carbonyl (C=O) groups is 1. The number of piperidine rings is 1. The zero-order chi connectivity index (χ0) is 17.1. The SMILES string of the molecule is Cc1cccc(N2CCCCC2)c1N(N)C(=O)c1ccc(C#N)o1. The Balaban J connectivity index is 1.95. The Kier molecular flexibility index (Phi) is 4.54. The molecule has 6 nitrogen and oxygen atoms in total. The second-order valence-corrected chi connectivity index (χ2v) is 5.94. The first-order chi connectivity index (χ1) is 11.6. The maximum Gasteiger partial charge on any atom is 0.308 e. The van der Waals surface area contributed by atoms with Crippen molar-refractivity contribution >= 4 is 17.3 Å². The largest absolute Gasteiger partial charge is 0.440 e. The molecule has 2 aromatic rings. The van der Waals surface area contributed by atoms with E-state index in [0.717, 1.165) is 42.2 Å². The first-order valence-electron chi connectivity index (χ1n) is 8.05. The Morgan fingerprint density at radius 2 is 2.00 bits per heavy atom. The molecular weight excluding hydrogens is 304 g/mol. The summed E-state index contributed by atoms with van der Waals surface area (Å²) in [5.74, 6) is 5.82. The third-order valence-corrected chi connectivity index (χ3v) is 4.30. The van der Waals surface area contributed by atoms with E-state index in [0.29, 0.717) is 5.69 Å². The molecule has 1 aromatic heterocycles. The molecule has 0 atom stereocenters. The Bertz CT molecular complexity index is 785. The molecule has 0 saturated carbocycles. The van der Waals surface area contributed by atoms with Crippen LogP contribution in [0.4, 0.5) is 11.4 Å². The summed E-state index contributed by atoms with van der Waals surface area (Å²) in [6.07, 6.45) is 3.50. The number of hydrogen-bond donors (Lipinski definition) is 1. The van der Waals surface area contributed by atoms with E-state index < -0.39 is 5.91 Å². The molecule has 1 fully saturated rings. The van der Waals surface area contributed by atoms with Gasteiger partial charge in [0.1, 0.15) is 6.07 Å². The number of nitrogens with zero attached hydrogens (tertiary/aromatic N) is 3. The highest BCUT2D eigenvalue weighted by atomic mass is 16.4. The normalized spacial score (nSPS) is 14.3. The highest BCUT2D eigenvalue weighted by Crippen LogP contribution is 2.34. The van der Waals surface area contributed by atoms with Crippen molar-refractivity contribution in [2.45, 2.75) is 26.2 Å². The summed E-state index contributed by atoms with van der Waals surface area (Å²) >= 11 is 0. The van der Waals surface area contributed by atoms with Crippen molar-refractivity contribution in [3.05, 3.63) is 47.4 Å². The van der Waals surface area contributed by atoms with Crippen molar-refractivity contribution in [2.75, 3.05) is 23.0 Å². The molecule has 0 bridgehead atoms. The minimum Gasteiger partial charge on any atom is -0.440 e. The zero-order valence-corrected chi connectivity index (χ0v) is 13.7. The zero-order valence-electron chi connectivity index (χ0n) is 13.7. The monoisotopic (exact) mass is 324 g/mol. The number of benzene rings is 1. The van der Waals surface area contributed by atoms with Crippen LogP contribution in [-0.2, 0) is 0 Å². The minimum atomic E-state index is -0.468. The Hall–Kier alpha value is -2.78. The standard InChI is InChI=1S/C18H20N4O2/c1-13-6-5-7-15(21-10-3-2-4-11-21)17(13)22(20)18(23)16-9-8-14(12-19)24-16/h5-9H,2-4,10-11,20H2,1H3. The maximum absolute atomic E-state index is 12.6.